The molecule has 1 atom stereocenters. The molecule has 0 unspecified atom stereocenters. The Labute approximate surface area is 180 Å². The molecule has 0 fully saturated rings. The highest BCUT2D eigenvalue weighted by Gasteiger charge is 2.30. The largest absolute Gasteiger partial charge is 0.357 e. The van der Waals surface area contributed by atoms with E-state index in [4.69, 9.17) is 11.6 Å². The van der Waals surface area contributed by atoms with Gasteiger partial charge in [-0.05, 0) is 36.8 Å². The van der Waals surface area contributed by atoms with E-state index in [-0.39, 0.29) is 12.2 Å². The molecular formula is C20H23ClFN3O4S. The minimum absolute atomic E-state index is 0.0167. The first kappa shape index (κ1) is 23.6. The highest BCUT2D eigenvalue weighted by molar-refractivity contribution is 7.92. The Morgan fingerprint density at radius 3 is 2.40 bits per heavy atom. The van der Waals surface area contributed by atoms with Gasteiger partial charge >= 0.3 is 0 Å². The highest BCUT2D eigenvalue weighted by atomic mass is 35.5. The summed E-state index contributed by atoms with van der Waals surface area (Å²) in [5.41, 5.74) is 0.409. The van der Waals surface area contributed by atoms with E-state index in [1.54, 1.807) is 24.3 Å². The first-order valence-corrected chi connectivity index (χ1v) is 11.2. The summed E-state index contributed by atoms with van der Waals surface area (Å²) in [5.74, 6) is -1.88. The van der Waals surface area contributed by atoms with Gasteiger partial charge in [-0.15, -0.1) is 0 Å². The fourth-order valence-corrected chi connectivity index (χ4v) is 3.94. The van der Waals surface area contributed by atoms with Gasteiger partial charge in [0.15, 0.2) is 0 Å². The minimum Gasteiger partial charge on any atom is -0.357 e. The van der Waals surface area contributed by atoms with Crippen LogP contribution in [0, 0.1) is 5.82 Å². The van der Waals surface area contributed by atoms with Crippen LogP contribution in [0.4, 0.5) is 10.1 Å². The number of rotatable bonds is 8. The van der Waals surface area contributed by atoms with Crippen LogP contribution in [0.15, 0.2) is 48.5 Å². The molecule has 0 aliphatic rings. The van der Waals surface area contributed by atoms with Crippen LogP contribution in [0.3, 0.4) is 0 Å². The number of amides is 2. The van der Waals surface area contributed by atoms with Crippen LogP contribution in [0.2, 0.25) is 5.02 Å². The van der Waals surface area contributed by atoms with Crippen molar-refractivity contribution in [3.63, 3.8) is 0 Å². The summed E-state index contributed by atoms with van der Waals surface area (Å²) in [7, 11) is -2.54. The highest BCUT2D eigenvalue weighted by Crippen LogP contribution is 2.22. The quantitative estimate of drug-likeness (QED) is 0.662. The van der Waals surface area contributed by atoms with Gasteiger partial charge in [0.1, 0.15) is 18.4 Å². The van der Waals surface area contributed by atoms with Crippen LogP contribution in [-0.2, 0) is 26.2 Å². The number of carbonyl (C=O) groups excluding carboxylic acids is 2. The summed E-state index contributed by atoms with van der Waals surface area (Å²) in [6.07, 6.45) is 0.885. The van der Waals surface area contributed by atoms with E-state index in [1.807, 2.05) is 0 Å². The molecule has 0 aromatic heterocycles. The van der Waals surface area contributed by atoms with E-state index >= 15 is 0 Å². The zero-order valence-electron chi connectivity index (χ0n) is 16.8. The smallest absolute Gasteiger partial charge is 0.244 e. The number of nitrogens with zero attached hydrogens (tertiary/aromatic N) is 2. The van der Waals surface area contributed by atoms with Crippen LogP contribution in [0.5, 0.6) is 0 Å². The molecule has 0 spiro atoms. The van der Waals surface area contributed by atoms with Gasteiger partial charge in [-0.1, -0.05) is 35.9 Å². The van der Waals surface area contributed by atoms with Gasteiger partial charge in [0.25, 0.3) is 0 Å². The van der Waals surface area contributed by atoms with Crippen molar-refractivity contribution in [3.05, 3.63) is 64.9 Å². The third-order valence-electron chi connectivity index (χ3n) is 4.46. The van der Waals surface area contributed by atoms with Crippen LogP contribution in [-0.4, -0.2) is 51.0 Å². The molecule has 10 heteroatoms. The molecule has 2 amide bonds. The molecule has 162 valence electrons. The van der Waals surface area contributed by atoms with Crippen molar-refractivity contribution in [2.24, 2.45) is 0 Å². The summed E-state index contributed by atoms with van der Waals surface area (Å²) in [6, 6.07) is 11.1. The second-order valence-electron chi connectivity index (χ2n) is 6.66. The van der Waals surface area contributed by atoms with Gasteiger partial charge in [0.2, 0.25) is 21.8 Å². The molecule has 0 radical (unpaired) electrons. The van der Waals surface area contributed by atoms with Gasteiger partial charge in [-0.2, -0.15) is 0 Å². The molecule has 1 N–H and O–H groups in total. The second kappa shape index (κ2) is 9.90. The summed E-state index contributed by atoms with van der Waals surface area (Å²) < 4.78 is 39.5. The second-order valence-corrected chi connectivity index (χ2v) is 9.01. The SMILES string of the molecule is CNC(=O)[C@H](C)N(Cc1cccc(Cl)c1)C(=O)CN(c1ccccc1F)S(C)(=O)=O. The number of hydrogen-bond acceptors (Lipinski definition) is 4. The monoisotopic (exact) mass is 455 g/mol. The predicted molar refractivity (Wildman–Crippen MR) is 114 cm³/mol. The van der Waals surface area contributed by atoms with Crippen LogP contribution in [0.25, 0.3) is 0 Å². The first-order valence-electron chi connectivity index (χ1n) is 9.02. The molecule has 2 aromatic rings. The third-order valence-corrected chi connectivity index (χ3v) is 5.82. The van der Waals surface area contributed by atoms with Gasteiger partial charge in [-0.3, -0.25) is 13.9 Å². The number of hydrogen-bond donors (Lipinski definition) is 1. The molecule has 0 saturated heterocycles. The molecule has 0 aliphatic carbocycles. The Hall–Kier alpha value is -2.65. The van der Waals surface area contributed by atoms with Gasteiger partial charge in [0.05, 0.1) is 11.9 Å². The third kappa shape index (κ3) is 5.93. The number of likely N-dealkylation sites (N-methyl/N-ethyl adjacent to an activating group) is 1. The van der Waals surface area contributed by atoms with E-state index < -0.39 is 40.2 Å². The van der Waals surface area contributed by atoms with Crippen molar-refractivity contribution in [2.45, 2.75) is 19.5 Å². The lowest BCUT2D eigenvalue weighted by Crippen LogP contribution is -2.50. The van der Waals surface area contributed by atoms with Crippen molar-refractivity contribution < 1.29 is 22.4 Å². The molecule has 0 saturated carbocycles. The average molecular weight is 456 g/mol. The Morgan fingerprint density at radius 2 is 1.83 bits per heavy atom. The van der Waals surface area contributed by atoms with Gasteiger partial charge in [-0.25, -0.2) is 12.8 Å². The molecule has 30 heavy (non-hydrogen) atoms. The topological polar surface area (TPSA) is 86.8 Å². The maximum absolute atomic E-state index is 14.2. The number of benzene rings is 2. The van der Waals surface area contributed by atoms with Crippen molar-refractivity contribution in [3.8, 4) is 0 Å². The Balaban J connectivity index is 2.40. The fourth-order valence-electron chi connectivity index (χ4n) is 2.87. The minimum atomic E-state index is -3.98. The Morgan fingerprint density at radius 1 is 1.17 bits per heavy atom. The lowest BCUT2D eigenvalue weighted by molar-refractivity contribution is -0.139. The number of para-hydroxylation sites is 1. The maximum Gasteiger partial charge on any atom is 0.244 e. The van der Waals surface area contributed by atoms with Crippen molar-refractivity contribution >= 4 is 39.1 Å². The van der Waals surface area contributed by atoms with E-state index in [2.05, 4.69) is 5.32 Å². The number of carbonyl (C=O) groups is 2. The van der Waals surface area contributed by atoms with E-state index in [1.165, 1.54) is 37.1 Å². The summed E-state index contributed by atoms with van der Waals surface area (Å²) in [6.45, 7) is 0.875. The molecule has 0 bridgehead atoms. The van der Waals surface area contributed by atoms with E-state index in [0.29, 0.717) is 14.9 Å². The molecule has 2 rings (SSSR count). The van der Waals surface area contributed by atoms with Crippen molar-refractivity contribution in [2.75, 3.05) is 24.2 Å². The Bertz CT molecular complexity index is 1030. The Kier molecular flexibility index (Phi) is 7.80. The van der Waals surface area contributed by atoms with Crippen LogP contribution >= 0.6 is 11.6 Å². The lowest BCUT2D eigenvalue weighted by atomic mass is 10.1. The van der Waals surface area contributed by atoms with Crippen molar-refractivity contribution in [1.29, 1.82) is 0 Å². The maximum atomic E-state index is 14.2. The lowest BCUT2D eigenvalue weighted by Gasteiger charge is -2.31. The molecule has 7 nitrogen and oxygen atoms in total. The number of anilines is 1. The molecule has 2 aromatic carbocycles. The zero-order chi connectivity index (χ0) is 22.5. The number of nitrogens with one attached hydrogen (secondary N) is 1. The number of sulfonamides is 1. The van der Waals surface area contributed by atoms with Gasteiger partial charge < -0.3 is 10.2 Å². The zero-order valence-corrected chi connectivity index (χ0v) is 18.4. The van der Waals surface area contributed by atoms with E-state index in [9.17, 15) is 22.4 Å². The van der Waals surface area contributed by atoms with Gasteiger partial charge in [0, 0.05) is 18.6 Å². The predicted octanol–water partition coefficient (Wildman–Crippen LogP) is 2.41. The number of halogens is 2. The molecule has 0 heterocycles. The molecule has 0 aliphatic heterocycles. The van der Waals surface area contributed by atoms with Crippen LogP contribution < -0.4 is 9.62 Å². The summed E-state index contributed by atoms with van der Waals surface area (Å²) in [5, 5.41) is 2.93. The summed E-state index contributed by atoms with van der Waals surface area (Å²) in [4.78, 5) is 26.5. The average Bonchev–Trinajstić information content (AvgIpc) is 2.69. The standard InChI is InChI=1S/C20H23ClFN3O4S/c1-14(20(27)23-2)24(12-15-7-6-8-16(21)11-15)19(26)13-25(30(3,28)29)18-10-5-4-9-17(18)22/h4-11,14H,12-13H2,1-3H3,(H,23,27)/t14-/m0/s1. The summed E-state index contributed by atoms with van der Waals surface area (Å²) >= 11 is 6.01. The van der Waals surface area contributed by atoms with E-state index in [0.717, 1.165) is 12.3 Å². The van der Waals surface area contributed by atoms with Crippen molar-refractivity contribution in [1.82, 2.24) is 10.2 Å². The fraction of sp³-hybridized carbons (Fsp3) is 0.300. The van der Waals surface area contributed by atoms with Crippen LogP contribution in [0.1, 0.15) is 12.5 Å². The molecular weight excluding hydrogens is 433 g/mol. The normalized spacial score (nSPS) is 12.2. The first-order chi connectivity index (χ1) is 14.0.